The minimum atomic E-state index is -1.93. The summed E-state index contributed by atoms with van der Waals surface area (Å²) in [5.41, 5.74) is -0.120. The highest BCUT2D eigenvalue weighted by Crippen LogP contribution is 2.51. The van der Waals surface area contributed by atoms with Crippen LogP contribution in [0.2, 0.25) is 36.3 Å². The summed E-state index contributed by atoms with van der Waals surface area (Å²) < 4.78 is 58.3. The quantitative estimate of drug-likeness (QED) is 0.249. The van der Waals surface area contributed by atoms with Gasteiger partial charge >= 0.3 is 12.2 Å². The van der Waals surface area contributed by atoms with Gasteiger partial charge in [0.05, 0.1) is 26.6 Å². The second kappa shape index (κ2) is 21.0. The number of likely N-dealkylation sites (tertiary alicyclic amines) is 2. The molecule has 0 unspecified atom stereocenters. The number of hydrogen-bond donors (Lipinski definition) is 1. The summed E-state index contributed by atoms with van der Waals surface area (Å²) in [7, 11) is -6.28. The van der Waals surface area contributed by atoms with Crippen LogP contribution in [0.25, 0.3) is 0 Å². The molecule has 2 amide bonds. The van der Waals surface area contributed by atoms with Crippen LogP contribution in [0, 0.1) is 10.8 Å². The lowest BCUT2D eigenvalue weighted by Gasteiger charge is -2.44. The molecule has 0 aromatic heterocycles. The lowest BCUT2D eigenvalue weighted by atomic mass is 9.74. The molecule has 4 fully saturated rings. The zero-order valence-electron chi connectivity index (χ0n) is 44.6. The molecular weight excluding hydrogens is 893 g/mol. The molecule has 2 heterocycles. The molecule has 2 saturated heterocycles. The third kappa shape index (κ3) is 16.5. The second-order valence-electron chi connectivity index (χ2n) is 26.4. The summed E-state index contributed by atoms with van der Waals surface area (Å²) >= 11 is 0. The van der Waals surface area contributed by atoms with E-state index >= 15 is 0 Å². The summed E-state index contributed by atoms with van der Waals surface area (Å²) in [5, 5.41) is 0.286. The van der Waals surface area contributed by atoms with Crippen molar-refractivity contribution in [1.82, 2.24) is 14.5 Å². The fourth-order valence-electron chi connectivity index (χ4n) is 8.41. The van der Waals surface area contributed by atoms with Crippen molar-refractivity contribution in [3.63, 3.8) is 0 Å². The van der Waals surface area contributed by atoms with E-state index in [-0.39, 0.29) is 63.5 Å². The van der Waals surface area contributed by atoms with Gasteiger partial charge in [-0.2, -0.15) is 4.40 Å². The minimum Gasteiger partial charge on any atom is -0.444 e. The van der Waals surface area contributed by atoms with Gasteiger partial charge in [0.25, 0.3) is 0 Å². The van der Waals surface area contributed by atoms with E-state index < -0.39 is 54.6 Å². The van der Waals surface area contributed by atoms with Gasteiger partial charge in [-0.05, 0) is 170 Å². The highest BCUT2D eigenvalue weighted by atomic mass is 32.2. The molecule has 12 nitrogen and oxygen atoms in total. The van der Waals surface area contributed by atoms with Crippen LogP contribution in [-0.4, -0.2) is 118 Å². The molecule has 4 aliphatic rings. The van der Waals surface area contributed by atoms with Crippen molar-refractivity contribution in [2.45, 2.75) is 259 Å². The van der Waals surface area contributed by atoms with Crippen LogP contribution in [0.15, 0.2) is 4.40 Å². The molecule has 0 radical (unpaired) electrons. The summed E-state index contributed by atoms with van der Waals surface area (Å²) in [4.78, 5) is 28.8. The van der Waals surface area contributed by atoms with E-state index in [1.165, 1.54) is 0 Å². The third-order valence-corrected chi connectivity index (χ3v) is 26.5. The number of piperidine rings is 2. The average molecular weight is 992 g/mol. The maximum Gasteiger partial charge on any atom is 0.410 e. The summed E-state index contributed by atoms with van der Waals surface area (Å²) in [6, 6.07) is 0.123. The van der Waals surface area contributed by atoms with Crippen LogP contribution >= 0.6 is 0 Å². The summed E-state index contributed by atoms with van der Waals surface area (Å²) in [6.45, 7) is 48.6. The molecule has 382 valence electrons. The molecule has 2 spiro atoms. The number of rotatable bonds is 7. The first-order chi connectivity index (χ1) is 28.5. The van der Waals surface area contributed by atoms with E-state index in [1.54, 1.807) is 4.90 Å². The Bertz CT molecular complexity index is 1700. The van der Waals surface area contributed by atoms with Gasteiger partial charge in [-0.25, -0.2) is 22.7 Å². The standard InChI is InChI=1S/C24H48N2O4SSi.C24H46N2O4SSi.CH4/c2*1-21(2,3)29-20(27)26-14-12-24(13-15-26)17-18(30-32(10,11)23(7,8)9)16-19(24)25-31(28)22(4,5)6;/h18-19,25H,12-17H2,1-11H3;18H,12-17H2,1-11H3;1H4/t18-,19+,31+;18-,31+;/m00./s1. The number of nitrogens with zero attached hydrogens (tertiary/aromatic N) is 3. The van der Waals surface area contributed by atoms with Crippen molar-refractivity contribution in [1.29, 1.82) is 0 Å². The van der Waals surface area contributed by atoms with Gasteiger partial charge in [-0.3, -0.25) is 0 Å². The Labute approximate surface area is 405 Å². The molecule has 16 heteroatoms. The molecule has 2 aliphatic heterocycles. The summed E-state index contributed by atoms with van der Waals surface area (Å²) in [5.74, 6) is 0. The Kier molecular flexibility index (Phi) is 19.4. The van der Waals surface area contributed by atoms with Crippen LogP contribution in [-0.2, 0) is 40.3 Å². The number of carbonyl (C=O) groups is 2. The van der Waals surface area contributed by atoms with Gasteiger partial charge in [-0.1, -0.05) is 49.0 Å². The number of ether oxygens (including phenoxy) is 2. The van der Waals surface area contributed by atoms with E-state index in [4.69, 9.17) is 22.7 Å². The lowest BCUT2D eigenvalue weighted by Crippen LogP contribution is -2.52. The molecule has 0 bridgehead atoms. The number of hydrogen-bond acceptors (Lipinski definition) is 8. The van der Waals surface area contributed by atoms with Crippen LogP contribution in [0.5, 0.6) is 0 Å². The van der Waals surface area contributed by atoms with Gasteiger partial charge in [0.15, 0.2) is 16.6 Å². The van der Waals surface area contributed by atoms with Gasteiger partial charge < -0.3 is 28.1 Å². The van der Waals surface area contributed by atoms with E-state index in [9.17, 15) is 18.0 Å². The zero-order valence-corrected chi connectivity index (χ0v) is 48.3. The van der Waals surface area contributed by atoms with E-state index in [1.807, 2.05) is 88.0 Å². The molecule has 4 rings (SSSR count). The van der Waals surface area contributed by atoms with Gasteiger partial charge in [0.1, 0.15) is 22.2 Å². The van der Waals surface area contributed by atoms with Crippen molar-refractivity contribution in [3.8, 4) is 0 Å². The second-order valence-corrected chi connectivity index (χ2v) is 39.8. The Hall–Kier alpha value is -1.18. The maximum atomic E-state index is 13.0. The summed E-state index contributed by atoms with van der Waals surface area (Å²) in [6.07, 6.45) is 6.61. The van der Waals surface area contributed by atoms with Gasteiger partial charge in [-0.15, -0.1) is 0 Å². The van der Waals surface area contributed by atoms with Crippen LogP contribution in [0.4, 0.5) is 9.59 Å². The van der Waals surface area contributed by atoms with Crippen molar-refractivity contribution in [3.05, 3.63) is 0 Å². The Balaban J connectivity index is 0.000000440. The predicted octanol–water partition coefficient (Wildman–Crippen LogP) is 12.3. The molecule has 2 saturated carbocycles. The lowest BCUT2D eigenvalue weighted by molar-refractivity contribution is 0.00690. The van der Waals surface area contributed by atoms with Crippen molar-refractivity contribution < 1.29 is 36.3 Å². The topological polar surface area (TPSA) is 136 Å². The van der Waals surface area contributed by atoms with Gasteiger partial charge in [0.2, 0.25) is 0 Å². The SMILES string of the molecule is C.CC(C)(C)OC(=O)N1CCC2(CC1)C[C@@H](O[Si](C)(C)C(C)(C)C)CC2=N[S@](=O)C(C)(C)C.CC(C)(C)OC(=O)N1CCC2(CC1)C[C@@H](O[Si](C)(C)C(C)(C)C)C[C@H]2N[S@](=O)C(C)(C)C. The maximum absolute atomic E-state index is 13.0. The van der Waals surface area contributed by atoms with Crippen LogP contribution in [0.3, 0.4) is 0 Å². The smallest absolute Gasteiger partial charge is 0.410 e. The number of nitrogens with one attached hydrogen (secondary N) is 1. The first kappa shape index (κ1) is 59.9. The van der Waals surface area contributed by atoms with Crippen molar-refractivity contribution in [2.24, 2.45) is 15.2 Å². The third-order valence-electron chi connectivity index (χ3n) is 14.4. The van der Waals surface area contributed by atoms with E-state index in [0.717, 1.165) is 57.1 Å². The first-order valence-corrected chi connectivity index (χ1v) is 32.1. The largest absolute Gasteiger partial charge is 0.444 e. The number of amides is 2. The fraction of sp³-hybridized carbons (Fsp3) is 0.939. The first-order valence-electron chi connectivity index (χ1n) is 24.0. The highest BCUT2D eigenvalue weighted by molar-refractivity contribution is 7.85. The van der Waals surface area contributed by atoms with Crippen LogP contribution in [0.1, 0.15) is 183 Å². The molecule has 65 heavy (non-hydrogen) atoms. The number of carbonyl (C=O) groups excluding carboxylic acids is 2. The molecule has 0 aromatic carbocycles. The molecule has 1 N–H and O–H groups in total. The molecular formula is C49H98N4O8S2Si2. The van der Waals surface area contributed by atoms with Crippen molar-refractivity contribution >= 4 is 56.5 Å². The van der Waals surface area contributed by atoms with Gasteiger partial charge in [0, 0.05) is 55.9 Å². The molecule has 0 aromatic rings. The zero-order chi connectivity index (χ0) is 49.5. The van der Waals surface area contributed by atoms with Crippen molar-refractivity contribution in [2.75, 3.05) is 26.2 Å². The normalized spacial score (nSPS) is 24.9. The fourth-order valence-corrected chi connectivity index (χ4v) is 12.8. The van der Waals surface area contributed by atoms with Crippen LogP contribution < -0.4 is 4.72 Å². The van der Waals surface area contributed by atoms with E-state index in [2.05, 4.69) is 72.5 Å². The Morgan fingerprint density at radius 2 is 1.03 bits per heavy atom. The average Bonchev–Trinajstić information content (AvgIpc) is 3.56. The Morgan fingerprint density at radius 1 is 0.631 bits per heavy atom. The highest BCUT2D eigenvalue weighted by Gasteiger charge is 2.54. The van der Waals surface area contributed by atoms with E-state index in [0.29, 0.717) is 26.2 Å². The predicted molar refractivity (Wildman–Crippen MR) is 278 cm³/mol. The Morgan fingerprint density at radius 3 is 1.40 bits per heavy atom. The molecule has 5 atom stereocenters. The minimum absolute atomic E-state index is 0. The monoisotopic (exact) mass is 991 g/mol. The molecule has 2 aliphatic carbocycles.